The summed E-state index contributed by atoms with van der Waals surface area (Å²) in [6.45, 7) is 5.66. The molecule has 3 fully saturated rings. The number of halogens is 4. The first-order valence-electron chi connectivity index (χ1n) is 17.1. The lowest BCUT2D eigenvalue weighted by atomic mass is 10.0. The van der Waals surface area contributed by atoms with Crippen LogP contribution in [0.5, 0.6) is 0 Å². The zero-order valence-corrected chi connectivity index (χ0v) is 28.5. The Morgan fingerprint density at radius 3 is 2.24 bits per heavy atom. The largest absolute Gasteiger partial charge is 0.436 e. The molecule has 1 unspecified atom stereocenters. The number of piperidine rings is 2. The highest BCUT2D eigenvalue weighted by molar-refractivity contribution is 6.31. The van der Waals surface area contributed by atoms with Crippen molar-refractivity contribution in [3.8, 4) is 0 Å². The van der Waals surface area contributed by atoms with Crippen LogP contribution in [0.4, 0.5) is 28.4 Å². The zero-order chi connectivity index (χ0) is 34.7. The molecule has 2 aromatic rings. The average molecular weight is 705 g/mol. The van der Waals surface area contributed by atoms with Gasteiger partial charge < -0.3 is 29.7 Å². The number of benzene rings is 2. The highest BCUT2D eigenvalue weighted by Gasteiger charge is 2.37. The lowest BCUT2D eigenvalue weighted by molar-refractivity contribution is -0.143. The smallest absolute Gasteiger partial charge is 0.417 e. The first-order chi connectivity index (χ1) is 23.5. The van der Waals surface area contributed by atoms with Crippen molar-refractivity contribution in [1.29, 1.82) is 0 Å². The van der Waals surface area contributed by atoms with E-state index in [1.807, 2.05) is 29.2 Å². The number of piperazine rings is 1. The molecular weight excluding hydrogens is 661 g/mol. The average Bonchev–Trinajstić information content (AvgIpc) is 3.25. The van der Waals surface area contributed by atoms with Gasteiger partial charge in [-0.3, -0.25) is 9.69 Å². The van der Waals surface area contributed by atoms with E-state index in [-0.39, 0.29) is 24.4 Å². The molecule has 4 aliphatic rings. The van der Waals surface area contributed by atoms with Crippen LogP contribution in [0.25, 0.3) is 0 Å². The van der Waals surface area contributed by atoms with Gasteiger partial charge >= 0.3 is 18.3 Å². The van der Waals surface area contributed by atoms with Crippen LogP contribution < -0.4 is 5.32 Å². The normalized spacial score (nSPS) is 21.2. The van der Waals surface area contributed by atoms with E-state index in [2.05, 4.69) is 22.2 Å². The summed E-state index contributed by atoms with van der Waals surface area (Å²) in [4.78, 5) is 50.3. The van der Waals surface area contributed by atoms with Gasteiger partial charge in [-0.25, -0.2) is 9.59 Å². The summed E-state index contributed by atoms with van der Waals surface area (Å²) >= 11 is 6.00. The molecule has 266 valence electrons. The van der Waals surface area contributed by atoms with Crippen LogP contribution in [0.1, 0.15) is 42.4 Å². The minimum Gasteiger partial charge on any atom is -0.436 e. The number of urea groups is 1. The van der Waals surface area contributed by atoms with Crippen LogP contribution in [0.15, 0.2) is 42.5 Å². The van der Waals surface area contributed by atoms with Crippen molar-refractivity contribution in [3.05, 3.63) is 64.2 Å². The third-order valence-electron chi connectivity index (χ3n) is 10.4. The molecule has 14 heteroatoms. The minimum absolute atomic E-state index is 0.0639. The van der Waals surface area contributed by atoms with E-state index in [9.17, 15) is 27.6 Å². The summed E-state index contributed by atoms with van der Waals surface area (Å²) in [6.07, 6.45) is -2.65. The van der Waals surface area contributed by atoms with Crippen LogP contribution in [0, 0.1) is 0 Å². The standard InChI is InChI=1S/C35H44ClF3N6O4/c1-41-13-9-26(10-14-41)42-18-20-43(21-19-42)32(46)31(23-24-6-7-28(29(36)22-24)35(37,38)39)49-34(48)44-15-11-27(12-16-44)45-17-8-25-4-2-3-5-30(25)40-33(45)47/h2-7,22,26-27,31H,8-21,23H2,1H3,(H,40,47). The number of nitrogens with one attached hydrogen (secondary N) is 1. The molecule has 4 heterocycles. The molecule has 4 amide bonds. The van der Waals surface area contributed by atoms with Crippen LogP contribution in [0.2, 0.25) is 5.02 Å². The first kappa shape index (κ1) is 35.3. The number of para-hydroxylation sites is 1. The van der Waals surface area contributed by atoms with Gasteiger partial charge in [-0.15, -0.1) is 0 Å². The third-order valence-corrected chi connectivity index (χ3v) is 10.7. The van der Waals surface area contributed by atoms with Gasteiger partial charge in [0, 0.05) is 70.0 Å². The fraction of sp³-hybridized carbons (Fsp3) is 0.571. The molecule has 10 nitrogen and oxygen atoms in total. The Balaban J connectivity index is 1.09. The molecule has 0 aromatic heterocycles. The maximum absolute atomic E-state index is 13.9. The van der Waals surface area contributed by atoms with Crippen molar-refractivity contribution in [2.24, 2.45) is 0 Å². The van der Waals surface area contributed by atoms with Crippen LogP contribution >= 0.6 is 11.6 Å². The van der Waals surface area contributed by atoms with Crippen molar-refractivity contribution >= 4 is 35.3 Å². The van der Waals surface area contributed by atoms with Gasteiger partial charge in [-0.05, 0) is 81.6 Å². The number of amides is 4. The highest BCUT2D eigenvalue weighted by atomic mass is 35.5. The molecule has 1 atom stereocenters. The SMILES string of the molecule is CN1CCC(N2CCN(C(=O)C(Cc3ccc(C(F)(F)F)c(Cl)c3)OC(=O)N3CCC(N4CCc5ccccc5NC4=O)CC3)CC2)CC1. The van der Waals surface area contributed by atoms with E-state index in [4.69, 9.17) is 16.3 Å². The molecule has 1 N–H and O–H groups in total. The quantitative estimate of drug-likeness (QED) is 0.445. The molecule has 4 aliphatic heterocycles. The van der Waals surface area contributed by atoms with Crippen LogP contribution in [-0.4, -0.2) is 127 Å². The molecule has 0 bridgehead atoms. The van der Waals surface area contributed by atoms with Gasteiger partial charge in [0.15, 0.2) is 6.10 Å². The molecule has 0 radical (unpaired) electrons. The molecular formula is C35H44ClF3N6O4. The number of hydrogen-bond donors (Lipinski definition) is 1. The summed E-state index contributed by atoms with van der Waals surface area (Å²) in [6, 6.07) is 11.3. The van der Waals surface area contributed by atoms with Gasteiger partial charge in [0.1, 0.15) is 0 Å². The Bertz CT molecular complexity index is 1500. The lowest BCUT2D eigenvalue weighted by Crippen LogP contribution is -2.56. The van der Waals surface area contributed by atoms with E-state index in [0.717, 1.165) is 49.7 Å². The van der Waals surface area contributed by atoms with Crippen LogP contribution in [0.3, 0.4) is 0 Å². The van der Waals surface area contributed by atoms with Crippen molar-refractivity contribution in [1.82, 2.24) is 24.5 Å². The van der Waals surface area contributed by atoms with Crippen LogP contribution in [-0.2, 0) is 28.5 Å². The highest BCUT2D eigenvalue weighted by Crippen LogP contribution is 2.35. The molecule has 0 spiro atoms. The van der Waals surface area contributed by atoms with Crippen molar-refractivity contribution < 1.29 is 32.3 Å². The maximum atomic E-state index is 13.9. The molecule has 2 aromatic carbocycles. The summed E-state index contributed by atoms with van der Waals surface area (Å²) in [5.41, 5.74) is 1.28. The van der Waals surface area contributed by atoms with Gasteiger partial charge in [0.2, 0.25) is 0 Å². The topological polar surface area (TPSA) is 88.7 Å². The van der Waals surface area contributed by atoms with Gasteiger partial charge in [-0.1, -0.05) is 35.9 Å². The van der Waals surface area contributed by atoms with E-state index in [1.165, 1.54) is 12.1 Å². The lowest BCUT2D eigenvalue weighted by Gasteiger charge is -2.42. The Morgan fingerprint density at radius 2 is 1.57 bits per heavy atom. The molecule has 49 heavy (non-hydrogen) atoms. The second kappa shape index (κ2) is 15.1. The first-order valence-corrected chi connectivity index (χ1v) is 17.5. The van der Waals surface area contributed by atoms with Crippen molar-refractivity contribution in [2.75, 3.05) is 71.3 Å². The predicted octanol–water partition coefficient (Wildman–Crippen LogP) is 5.20. The Kier molecular flexibility index (Phi) is 10.9. The summed E-state index contributed by atoms with van der Waals surface area (Å²) in [5.74, 6) is -0.372. The van der Waals surface area contributed by atoms with E-state index < -0.39 is 29.0 Å². The fourth-order valence-electron chi connectivity index (χ4n) is 7.47. The number of likely N-dealkylation sites (tertiary alicyclic amines) is 2. The minimum atomic E-state index is -4.62. The van der Waals surface area contributed by atoms with Gasteiger partial charge in [0.25, 0.3) is 5.91 Å². The number of carbonyl (C=O) groups excluding carboxylic acids is 3. The summed E-state index contributed by atoms with van der Waals surface area (Å²) in [7, 11) is 2.12. The van der Waals surface area contributed by atoms with Crippen molar-refractivity contribution in [2.45, 2.75) is 62.9 Å². The third kappa shape index (κ3) is 8.43. The second-order valence-electron chi connectivity index (χ2n) is 13.5. The summed E-state index contributed by atoms with van der Waals surface area (Å²) < 4.78 is 46.0. The number of hydrogen-bond acceptors (Lipinski definition) is 6. The predicted molar refractivity (Wildman–Crippen MR) is 180 cm³/mol. The Labute approximate surface area is 290 Å². The number of ether oxygens (including phenoxy) is 1. The number of alkyl halides is 3. The molecule has 0 aliphatic carbocycles. The molecule has 0 saturated carbocycles. The fourth-order valence-corrected chi connectivity index (χ4v) is 7.78. The monoisotopic (exact) mass is 704 g/mol. The number of nitrogens with zero attached hydrogens (tertiary/aromatic N) is 5. The summed E-state index contributed by atoms with van der Waals surface area (Å²) in [5, 5.41) is 2.52. The van der Waals surface area contributed by atoms with E-state index >= 15 is 0 Å². The second-order valence-corrected chi connectivity index (χ2v) is 13.9. The van der Waals surface area contributed by atoms with Gasteiger partial charge in [0.05, 0.1) is 10.6 Å². The van der Waals surface area contributed by atoms with Crippen molar-refractivity contribution in [3.63, 3.8) is 0 Å². The number of carbonyl (C=O) groups is 3. The Morgan fingerprint density at radius 1 is 0.898 bits per heavy atom. The van der Waals surface area contributed by atoms with Gasteiger partial charge in [-0.2, -0.15) is 13.2 Å². The maximum Gasteiger partial charge on any atom is 0.417 e. The number of anilines is 1. The molecule has 6 rings (SSSR count). The number of fused-ring (bicyclic) bond motifs is 1. The molecule has 3 saturated heterocycles. The van der Waals surface area contributed by atoms with E-state index in [1.54, 1.807) is 9.80 Å². The Hall–Kier alpha value is -3.55. The van der Waals surface area contributed by atoms with E-state index in [0.29, 0.717) is 70.3 Å². The number of rotatable bonds is 6. The zero-order valence-electron chi connectivity index (χ0n) is 27.8.